The summed E-state index contributed by atoms with van der Waals surface area (Å²) in [6, 6.07) is 1.96. The van der Waals surface area contributed by atoms with Crippen LogP contribution < -0.4 is 5.32 Å². The molecule has 1 amide bonds. The van der Waals surface area contributed by atoms with Gasteiger partial charge in [0.2, 0.25) is 5.91 Å². The lowest BCUT2D eigenvalue weighted by molar-refractivity contribution is -0.128. The highest BCUT2D eigenvalue weighted by atomic mass is 16.3. The molecule has 1 aliphatic rings. The molecule has 5 nitrogen and oxygen atoms in total. The minimum atomic E-state index is -0.825. The van der Waals surface area contributed by atoms with Crippen LogP contribution in [0.5, 0.6) is 0 Å². The topological polar surface area (TPSA) is 76.4 Å². The van der Waals surface area contributed by atoms with Gasteiger partial charge in [0.1, 0.15) is 5.54 Å². The zero-order valence-corrected chi connectivity index (χ0v) is 13.0. The quantitative estimate of drug-likeness (QED) is 0.792. The maximum atomic E-state index is 12.3. The van der Waals surface area contributed by atoms with E-state index in [0.29, 0.717) is 5.92 Å². The number of hydrogen-bond donors (Lipinski definition) is 2. The Morgan fingerprint density at radius 2 is 2.00 bits per heavy atom. The van der Waals surface area contributed by atoms with E-state index in [1.54, 1.807) is 6.92 Å². The number of amides is 1. The number of likely N-dealkylation sites (tertiary alicyclic amines) is 1. The molecule has 1 aliphatic heterocycles. The van der Waals surface area contributed by atoms with Crippen LogP contribution in [0.15, 0.2) is 0 Å². The summed E-state index contributed by atoms with van der Waals surface area (Å²) in [5, 5.41) is 21.3. The average molecular weight is 281 g/mol. The first-order chi connectivity index (χ1) is 9.34. The SMILES string of the molecule is CC(C)[C@](C)(C#N)NC(=O)[C@H](C)N1CCC(CO)CC1. The monoisotopic (exact) mass is 281 g/mol. The molecule has 0 unspecified atom stereocenters. The fraction of sp³-hybridized carbons (Fsp3) is 0.867. The normalized spacial score (nSPS) is 22.1. The van der Waals surface area contributed by atoms with Crippen molar-refractivity contribution in [2.24, 2.45) is 11.8 Å². The van der Waals surface area contributed by atoms with Gasteiger partial charge in [-0.15, -0.1) is 0 Å². The van der Waals surface area contributed by atoms with E-state index in [0.717, 1.165) is 25.9 Å². The molecule has 0 aromatic heterocycles. The van der Waals surface area contributed by atoms with E-state index >= 15 is 0 Å². The Kier molecular flexibility index (Phi) is 5.97. The molecular weight excluding hydrogens is 254 g/mol. The van der Waals surface area contributed by atoms with Crippen LogP contribution in [0.25, 0.3) is 0 Å². The smallest absolute Gasteiger partial charge is 0.238 e. The fourth-order valence-corrected chi connectivity index (χ4v) is 2.35. The number of carbonyl (C=O) groups is 1. The summed E-state index contributed by atoms with van der Waals surface area (Å²) < 4.78 is 0. The number of rotatable bonds is 5. The van der Waals surface area contributed by atoms with Crippen molar-refractivity contribution in [3.8, 4) is 6.07 Å². The number of aliphatic hydroxyl groups is 1. The molecule has 1 fully saturated rings. The number of piperidine rings is 1. The van der Waals surface area contributed by atoms with Crippen LogP contribution in [0.4, 0.5) is 0 Å². The first-order valence-corrected chi connectivity index (χ1v) is 7.42. The summed E-state index contributed by atoms with van der Waals surface area (Å²) in [6.45, 7) is 9.39. The van der Waals surface area contributed by atoms with Crippen molar-refractivity contribution >= 4 is 5.91 Å². The van der Waals surface area contributed by atoms with Crippen LogP contribution in [0, 0.1) is 23.2 Å². The third-order valence-electron chi connectivity index (χ3n) is 4.60. The summed E-state index contributed by atoms with van der Waals surface area (Å²) in [5.74, 6) is 0.329. The summed E-state index contributed by atoms with van der Waals surface area (Å²) in [4.78, 5) is 14.4. The molecule has 2 atom stereocenters. The van der Waals surface area contributed by atoms with Crippen LogP contribution in [0.2, 0.25) is 0 Å². The van der Waals surface area contributed by atoms with Crippen LogP contribution in [0.1, 0.15) is 40.5 Å². The molecule has 0 saturated carbocycles. The van der Waals surface area contributed by atoms with E-state index in [1.165, 1.54) is 0 Å². The highest BCUT2D eigenvalue weighted by Gasteiger charge is 2.34. The third kappa shape index (κ3) is 3.94. The number of nitrogens with one attached hydrogen (secondary N) is 1. The van der Waals surface area contributed by atoms with Gasteiger partial charge in [0.05, 0.1) is 12.1 Å². The Bertz CT molecular complexity index is 370. The molecule has 0 aromatic carbocycles. The lowest BCUT2D eigenvalue weighted by Crippen LogP contribution is -2.56. The summed E-state index contributed by atoms with van der Waals surface area (Å²) in [5.41, 5.74) is -0.825. The van der Waals surface area contributed by atoms with Crippen molar-refractivity contribution in [1.29, 1.82) is 5.26 Å². The van der Waals surface area contributed by atoms with Gasteiger partial charge in [0, 0.05) is 6.61 Å². The number of nitriles is 1. The van der Waals surface area contributed by atoms with Crippen LogP contribution in [0.3, 0.4) is 0 Å². The molecule has 1 heterocycles. The second kappa shape index (κ2) is 7.05. The number of carbonyl (C=O) groups excluding carboxylic acids is 1. The second-order valence-electron chi connectivity index (χ2n) is 6.30. The summed E-state index contributed by atoms with van der Waals surface area (Å²) in [6.07, 6.45) is 1.85. The fourth-order valence-electron chi connectivity index (χ4n) is 2.35. The molecule has 0 aromatic rings. The Balaban J connectivity index is 2.58. The minimum absolute atomic E-state index is 0.0591. The molecule has 0 bridgehead atoms. The van der Waals surface area contributed by atoms with E-state index in [1.807, 2.05) is 20.8 Å². The van der Waals surface area contributed by atoms with Crippen molar-refractivity contribution in [1.82, 2.24) is 10.2 Å². The van der Waals surface area contributed by atoms with Crippen LogP contribution in [-0.4, -0.2) is 47.2 Å². The zero-order chi connectivity index (χ0) is 15.3. The van der Waals surface area contributed by atoms with Crippen molar-refractivity contribution in [3.63, 3.8) is 0 Å². The second-order valence-corrected chi connectivity index (χ2v) is 6.30. The summed E-state index contributed by atoms with van der Waals surface area (Å²) in [7, 11) is 0. The van der Waals surface area contributed by atoms with Gasteiger partial charge in [0.25, 0.3) is 0 Å². The standard InChI is InChI=1S/C15H27N3O2/c1-11(2)15(4,10-16)17-14(20)12(3)18-7-5-13(9-19)6-8-18/h11-13,19H,5-9H2,1-4H3,(H,17,20)/t12-,15-/m0/s1. The number of hydrogen-bond acceptors (Lipinski definition) is 4. The molecular formula is C15H27N3O2. The highest BCUT2D eigenvalue weighted by molar-refractivity contribution is 5.82. The lowest BCUT2D eigenvalue weighted by Gasteiger charge is -2.36. The number of nitrogens with zero attached hydrogens (tertiary/aromatic N) is 2. The Morgan fingerprint density at radius 3 is 2.40 bits per heavy atom. The molecule has 0 aliphatic carbocycles. The van der Waals surface area contributed by atoms with Gasteiger partial charge in [-0.05, 0) is 51.6 Å². The van der Waals surface area contributed by atoms with E-state index < -0.39 is 5.54 Å². The Hall–Kier alpha value is -1.12. The molecule has 0 radical (unpaired) electrons. The molecule has 1 rings (SSSR count). The first-order valence-electron chi connectivity index (χ1n) is 7.42. The van der Waals surface area contributed by atoms with Crippen molar-refractivity contribution in [3.05, 3.63) is 0 Å². The van der Waals surface area contributed by atoms with Gasteiger partial charge in [-0.1, -0.05) is 13.8 Å². The molecule has 1 saturated heterocycles. The van der Waals surface area contributed by atoms with Crippen molar-refractivity contribution in [2.45, 2.75) is 52.1 Å². The van der Waals surface area contributed by atoms with Crippen LogP contribution in [-0.2, 0) is 4.79 Å². The van der Waals surface area contributed by atoms with Gasteiger partial charge < -0.3 is 10.4 Å². The molecule has 0 spiro atoms. The van der Waals surface area contributed by atoms with Crippen molar-refractivity contribution in [2.75, 3.05) is 19.7 Å². The van der Waals surface area contributed by atoms with Gasteiger partial charge in [0.15, 0.2) is 0 Å². The van der Waals surface area contributed by atoms with E-state index in [4.69, 9.17) is 5.11 Å². The summed E-state index contributed by atoms with van der Waals surface area (Å²) >= 11 is 0. The van der Waals surface area contributed by atoms with Gasteiger partial charge in [-0.2, -0.15) is 5.26 Å². The molecule has 2 N–H and O–H groups in total. The molecule has 5 heteroatoms. The maximum absolute atomic E-state index is 12.3. The number of aliphatic hydroxyl groups excluding tert-OH is 1. The third-order valence-corrected chi connectivity index (χ3v) is 4.60. The van der Waals surface area contributed by atoms with E-state index in [-0.39, 0.29) is 24.5 Å². The minimum Gasteiger partial charge on any atom is -0.396 e. The average Bonchev–Trinajstić information content (AvgIpc) is 2.46. The molecule has 114 valence electrons. The maximum Gasteiger partial charge on any atom is 0.238 e. The largest absolute Gasteiger partial charge is 0.396 e. The predicted molar refractivity (Wildman–Crippen MR) is 77.8 cm³/mol. The van der Waals surface area contributed by atoms with Crippen molar-refractivity contribution < 1.29 is 9.90 Å². The Morgan fingerprint density at radius 1 is 1.45 bits per heavy atom. The lowest BCUT2D eigenvalue weighted by atomic mass is 9.89. The van der Waals surface area contributed by atoms with Crippen LogP contribution >= 0.6 is 0 Å². The highest BCUT2D eigenvalue weighted by Crippen LogP contribution is 2.20. The zero-order valence-electron chi connectivity index (χ0n) is 13.0. The van der Waals surface area contributed by atoms with Gasteiger partial charge in [-0.25, -0.2) is 0 Å². The first kappa shape index (κ1) is 16.9. The molecule has 20 heavy (non-hydrogen) atoms. The van der Waals surface area contributed by atoms with E-state index in [9.17, 15) is 10.1 Å². The van der Waals surface area contributed by atoms with Gasteiger partial charge in [-0.3, -0.25) is 9.69 Å². The van der Waals surface area contributed by atoms with Gasteiger partial charge >= 0.3 is 0 Å². The Labute approximate surface area is 122 Å². The van der Waals surface area contributed by atoms with E-state index in [2.05, 4.69) is 16.3 Å². The predicted octanol–water partition coefficient (Wildman–Crippen LogP) is 1.13.